The van der Waals surface area contributed by atoms with E-state index in [1.807, 2.05) is 17.5 Å². The maximum atomic E-state index is 11.5. The molecule has 1 fully saturated rings. The van der Waals surface area contributed by atoms with Gasteiger partial charge in [0.05, 0.1) is 20.3 Å². The molecule has 5 heteroatoms. The van der Waals surface area contributed by atoms with E-state index in [9.17, 15) is 4.79 Å². The Kier molecular flexibility index (Phi) is 3.04. The van der Waals surface area contributed by atoms with E-state index in [1.165, 1.54) is 12.0 Å². The summed E-state index contributed by atoms with van der Waals surface area (Å²) in [6, 6.07) is 4.02. The molecule has 0 saturated carbocycles. The summed E-state index contributed by atoms with van der Waals surface area (Å²) in [5.74, 6) is -0.245. The number of thiophene rings is 1. The third-order valence-electron chi connectivity index (χ3n) is 2.45. The summed E-state index contributed by atoms with van der Waals surface area (Å²) in [5, 5.41) is 5.21. The predicted octanol–water partition coefficient (Wildman–Crippen LogP) is 0.780. The van der Waals surface area contributed by atoms with Crippen LogP contribution in [0.1, 0.15) is 4.88 Å². The molecule has 15 heavy (non-hydrogen) atoms. The zero-order chi connectivity index (χ0) is 10.7. The second-order valence-corrected chi connectivity index (χ2v) is 4.53. The van der Waals surface area contributed by atoms with Gasteiger partial charge in [0.2, 0.25) is 0 Å². The Balaban J connectivity index is 1.94. The minimum absolute atomic E-state index is 0.245. The maximum absolute atomic E-state index is 11.5. The van der Waals surface area contributed by atoms with Crippen molar-refractivity contribution < 1.29 is 14.3 Å². The zero-order valence-electron chi connectivity index (χ0n) is 8.49. The van der Waals surface area contributed by atoms with Crippen LogP contribution >= 0.6 is 11.3 Å². The largest absolute Gasteiger partial charge is 0.468 e. The number of carbonyl (C=O) groups is 1. The van der Waals surface area contributed by atoms with Crippen LogP contribution in [0.3, 0.4) is 0 Å². The van der Waals surface area contributed by atoms with E-state index in [0.717, 1.165) is 0 Å². The number of ether oxygens (including phenoxy) is 2. The van der Waals surface area contributed by atoms with Gasteiger partial charge >= 0.3 is 5.97 Å². The highest BCUT2D eigenvalue weighted by Crippen LogP contribution is 2.20. The molecule has 0 radical (unpaired) electrons. The van der Waals surface area contributed by atoms with Crippen molar-refractivity contribution in [1.29, 1.82) is 0 Å². The van der Waals surface area contributed by atoms with Gasteiger partial charge < -0.3 is 9.47 Å². The van der Waals surface area contributed by atoms with Gasteiger partial charge in [0.1, 0.15) is 0 Å². The van der Waals surface area contributed by atoms with E-state index >= 15 is 0 Å². The molecule has 1 saturated heterocycles. The fourth-order valence-electron chi connectivity index (χ4n) is 1.46. The Bertz CT molecular complexity index is 332. The highest BCUT2D eigenvalue weighted by atomic mass is 32.1. The second-order valence-electron chi connectivity index (χ2n) is 3.50. The number of methoxy groups -OCH3 is 1. The molecule has 0 spiro atoms. The van der Waals surface area contributed by atoms with E-state index in [-0.39, 0.29) is 5.97 Å². The molecule has 1 aliphatic rings. The molecule has 0 aromatic carbocycles. The quantitative estimate of drug-likeness (QED) is 0.772. The molecule has 0 bridgehead atoms. The fourth-order valence-corrected chi connectivity index (χ4v) is 2.11. The number of esters is 1. The predicted molar refractivity (Wildman–Crippen MR) is 56.7 cm³/mol. The first kappa shape index (κ1) is 10.6. The molecule has 2 rings (SSSR count). The Morgan fingerprint density at radius 1 is 1.73 bits per heavy atom. The van der Waals surface area contributed by atoms with Gasteiger partial charge in [-0.05, 0) is 11.4 Å². The molecule has 4 nitrogen and oxygen atoms in total. The van der Waals surface area contributed by atoms with Crippen LogP contribution in [0.5, 0.6) is 0 Å². The van der Waals surface area contributed by atoms with Crippen LogP contribution in [0.4, 0.5) is 0 Å². The Labute approximate surface area is 92.2 Å². The zero-order valence-corrected chi connectivity index (χ0v) is 9.30. The van der Waals surface area contributed by atoms with Crippen molar-refractivity contribution in [2.75, 3.05) is 20.3 Å². The third-order valence-corrected chi connectivity index (χ3v) is 3.33. The molecule has 1 aliphatic heterocycles. The Morgan fingerprint density at radius 2 is 2.53 bits per heavy atom. The lowest BCUT2D eigenvalue weighted by molar-refractivity contribution is -0.169. The van der Waals surface area contributed by atoms with Crippen molar-refractivity contribution in [3.8, 4) is 0 Å². The van der Waals surface area contributed by atoms with Gasteiger partial charge in [-0.2, -0.15) is 0 Å². The van der Waals surface area contributed by atoms with Crippen LogP contribution in [0.2, 0.25) is 0 Å². The van der Waals surface area contributed by atoms with Crippen LogP contribution in [0.25, 0.3) is 0 Å². The second kappa shape index (κ2) is 4.30. The van der Waals surface area contributed by atoms with Crippen LogP contribution < -0.4 is 5.32 Å². The van der Waals surface area contributed by atoms with Crippen LogP contribution in [0.15, 0.2) is 17.5 Å². The highest BCUT2D eigenvalue weighted by molar-refractivity contribution is 7.09. The van der Waals surface area contributed by atoms with Gasteiger partial charge in [0.25, 0.3) is 0 Å². The Morgan fingerprint density at radius 3 is 3.00 bits per heavy atom. The van der Waals surface area contributed by atoms with Crippen molar-refractivity contribution in [1.82, 2.24) is 5.32 Å². The van der Waals surface area contributed by atoms with E-state index < -0.39 is 5.54 Å². The molecule has 0 atom stereocenters. The lowest BCUT2D eigenvalue weighted by atomic mass is 9.98. The van der Waals surface area contributed by atoms with Crippen LogP contribution in [-0.2, 0) is 20.8 Å². The van der Waals surface area contributed by atoms with Crippen LogP contribution in [-0.4, -0.2) is 31.8 Å². The molecule has 0 aliphatic carbocycles. The molecular weight excluding hydrogens is 214 g/mol. The SMILES string of the molecule is COC(=O)C1(NCc2cccs2)COC1. The van der Waals surface area contributed by atoms with Crippen molar-refractivity contribution in [3.05, 3.63) is 22.4 Å². The molecule has 0 amide bonds. The minimum atomic E-state index is -0.626. The summed E-state index contributed by atoms with van der Waals surface area (Å²) in [5.41, 5.74) is -0.626. The maximum Gasteiger partial charge on any atom is 0.330 e. The van der Waals surface area contributed by atoms with Crippen molar-refractivity contribution in [2.24, 2.45) is 0 Å². The topological polar surface area (TPSA) is 47.6 Å². The van der Waals surface area contributed by atoms with Crippen molar-refractivity contribution in [2.45, 2.75) is 12.1 Å². The molecule has 1 aromatic rings. The summed E-state index contributed by atoms with van der Waals surface area (Å²) in [7, 11) is 1.40. The van der Waals surface area contributed by atoms with Gasteiger partial charge in [-0.1, -0.05) is 6.07 Å². The number of nitrogens with one attached hydrogen (secondary N) is 1. The van der Waals surface area contributed by atoms with Gasteiger partial charge in [-0.25, -0.2) is 4.79 Å². The van der Waals surface area contributed by atoms with Gasteiger partial charge in [-0.3, -0.25) is 5.32 Å². The number of carbonyl (C=O) groups excluding carboxylic acids is 1. The number of hydrogen-bond acceptors (Lipinski definition) is 5. The van der Waals surface area contributed by atoms with Crippen LogP contribution in [0, 0.1) is 0 Å². The third kappa shape index (κ3) is 2.04. The molecule has 1 aromatic heterocycles. The fraction of sp³-hybridized carbons (Fsp3) is 0.500. The summed E-state index contributed by atoms with van der Waals surface area (Å²) in [4.78, 5) is 12.7. The summed E-state index contributed by atoms with van der Waals surface area (Å²) in [6.07, 6.45) is 0. The number of rotatable bonds is 4. The van der Waals surface area contributed by atoms with Gasteiger partial charge in [-0.15, -0.1) is 11.3 Å². The standard InChI is InChI=1S/C10H13NO3S/c1-13-9(12)10(6-14-7-10)11-5-8-3-2-4-15-8/h2-4,11H,5-7H2,1H3. The van der Waals surface area contributed by atoms with Crippen molar-refractivity contribution >= 4 is 17.3 Å². The summed E-state index contributed by atoms with van der Waals surface area (Å²) < 4.78 is 9.82. The Hall–Kier alpha value is -0.910. The lowest BCUT2D eigenvalue weighted by Crippen LogP contribution is -2.65. The minimum Gasteiger partial charge on any atom is -0.468 e. The average molecular weight is 227 g/mol. The van der Waals surface area contributed by atoms with E-state index in [0.29, 0.717) is 19.8 Å². The molecular formula is C10H13NO3S. The molecule has 82 valence electrons. The summed E-state index contributed by atoms with van der Waals surface area (Å²) in [6.45, 7) is 1.46. The average Bonchev–Trinajstić information content (AvgIpc) is 2.68. The molecule has 0 unspecified atom stereocenters. The smallest absolute Gasteiger partial charge is 0.330 e. The summed E-state index contributed by atoms with van der Waals surface area (Å²) >= 11 is 1.66. The monoisotopic (exact) mass is 227 g/mol. The van der Waals surface area contributed by atoms with Crippen molar-refractivity contribution in [3.63, 3.8) is 0 Å². The highest BCUT2D eigenvalue weighted by Gasteiger charge is 2.46. The first-order valence-corrected chi connectivity index (χ1v) is 5.58. The van der Waals surface area contributed by atoms with E-state index in [2.05, 4.69) is 5.32 Å². The van der Waals surface area contributed by atoms with Gasteiger partial charge in [0.15, 0.2) is 5.54 Å². The molecule has 2 heterocycles. The molecule has 1 N–H and O–H groups in total. The van der Waals surface area contributed by atoms with Gasteiger partial charge in [0, 0.05) is 11.4 Å². The lowest BCUT2D eigenvalue weighted by Gasteiger charge is -2.39. The van der Waals surface area contributed by atoms with E-state index in [1.54, 1.807) is 11.3 Å². The first-order valence-electron chi connectivity index (χ1n) is 4.70. The first-order chi connectivity index (χ1) is 7.27. The number of hydrogen-bond donors (Lipinski definition) is 1. The van der Waals surface area contributed by atoms with E-state index in [4.69, 9.17) is 9.47 Å². The normalized spacial score (nSPS) is 18.2.